The van der Waals surface area contributed by atoms with Crippen molar-refractivity contribution in [3.8, 4) is 5.88 Å². The molecule has 1 aromatic carbocycles. The van der Waals surface area contributed by atoms with E-state index in [0.717, 1.165) is 12.3 Å². The van der Waals surface area contributed by atoms with E-state index in [0.29, 0.717) is 54.4 Å². The number of hydrogen-bond acceptors (Lipinski definition) is 9. The summed E-state index contributed by atoms with van der Waals surface area (Å²) in [6.45, 7) is 4.75. The summed E-state index contributed by atoms with van der Waals surface area (Å²) in [5.74, 6) is 6.07. The smallest absolute Gasteiger partial charge is 0.255 e. The molecule has 0 bridgehead atoms. The Hall–Kier alpha value is -3.90. The molecule has 0 aliphatic carbocycles. The van der Waals surface area contributed by atoms with Crippen LogP contribution >= 0.6 is 0 Å². The van der Waals surface area contributed by atoms with Crippen LogP contribution in [0.5, 0.6) is 5.88 Å². The number of hydrogen-bond donors (Lipinski definition) is 1. The highest BCUT2D eigenvalue weighted by Gasteiger charge is 2.26. The topological polar surface area (TPSA) is 132 Å². The zero-order chi connectivity index (χ0) is 25.9. The Bertz CT molecular complexity index is 1360. The van der Waals surface area contributed by atoms with Crippen molar-refractivity contribution in [3.63, 3.8) is 0 Å². The van der Waals surface area contributed by atoms with E-state index in [9.17, 15) is 17.6 Å². The zero-order valence-corrected chi connectivity index (χ0v) is 20.4. The van der Waals surface area contributed by atoms with Crippen LogP contribution in [0.1, 0.15) is 28.8 Å². The van der Waals surface area contributed by atoms with E-state index >= 15 is 0 Å². The van der Waals surface area contributed by atoms with E-state index in [1.165, 1.54) is 41.8 Å². The summed E-state index contributed by atoms with van der Waals surface area (Å²) in [4.78, 5) is 26.5. The molecule has 2 aromatic heterocycles. The molecule has 0 atom stereocenters. The van der Waals surface area contributed by atoms with Gasteiger partial charge in [-0.05, 0) is 36.4 Å². The van der Waals surface area contributed by atoms with Gasteiger partial charge in [-0.3, -0.25) is 9.80 Å². The van der Waals surface area contributed by atoms with Gasteiger partial charge < -0.3 is 9.64 Å². The minimum Gasteiger partial charge on any atom is -0.474 e. The second-order valence-electron chi connectivity index (χ2n) is 8.24. The molecule has 3 heterocycles. The first-order valence-corrected chi connectivity index (χ1v) is 13.0. The first-order chi connectivity index (χ1) is 17.2. The summed E-state index contributed by atoms with van der Waals surface area (Å²) in [6.07, 6.45) is 6.14. The van der Waals surface area contributed by atoms with Crippen LogP contribution in [0.3, 0.4) is 0 Å². The molecule has 10 nitrogen and oxygen atoms in total. The molecule has 1 aliphatic heterocycles. The van der Waals surface area contributed by atoms with Gasteiger partial charge in [0.25, 0.3) is 5.91 Å². The molecule has 1 saturated heterocycles. The van der Waals surface area contributed by atoms with Gasteiger partial charge in [0.05, 0.1) is 21.7 Å². The number of pyridine rings is 1. The molecule has 1 amide bonds. The van der Waals surface area contributed by atoms with Crippen LogP contribution in [0, 0.1) is 5.95 Å². The van der Waals surface area contributed by atoms with E-state index in [1.807, 2.05) is 0 Å². The molecule has 0 radical (unpaired) electrons. The van der Waals surface area contributed by atoms with Gasteiger partial charge in [0.15, 0.2) is 15.7 Å². The summed E-state index contributed by atoms with van der Waals surface area (Å²) < 4.78 is 42.6. The molecular weight excluding hydrogens is 487 g/mol. The van der Waals surface area contributed by atoms with Crippen LogP contribution in [-0.4, -0.2) is 59.6 Å². The maximum Gasteiger partial charge on any atom is 0.255 e. The predicted molar refractivity (Wildman–Crippen MR) is 132 cm³/mol. The van der Waals surface area contributed by atoms with Crippen molar-refractivity contribution < 1.29 is 22.3 Å². The predicted octanol–water partition coefficient (Wildman–Crippen LogP) is 2.75. The van der Waals surface area contributed by atoms with Crippen molar-refractivity contribution >= 4 is 33.3 Å². The van der Waals surface area contributed by atoms with E-state index in [4.69, 9.17) is 10.6 Å². The standard InChI is InChI=1S/C24H25FN6O4S/c1-3-20-22(31(26)17-5-7-19(8-6-17)36(2,33)34)28-15-29-23(20)35-18-10-12-30(13-11-18)24(32)16-4-9-21(25)27-14-16/h3-9,14-15,18H,1,10-13,26H2,2H3. The molecule has 0 unspecified atom stereocenters. The number of likely N-dealkylation sites (tertiary alicyclic amines) is 1. The molecular formula is C24H25FN6O4S. The number of aromatic nitrogens is 3. The fraction of sp³-hybridized carbons (Fsp3) is 0.250. The van der Waals surface area contributed by atoms with E-state index in [1.54, 1.807) is 17.0 Å². The number of rotatable bonds is 7. The van der Waals surface area contributed by atoms with Gasteiger partial charge in [0, 0.05) is 38.4 Å². The van der Waals surface area contributed by atoms with Gasteiger partial charge in [-0.2, -0.15) is 4.39 Å². The lowest BCUT2D eigenvalue weighted by molar-refractivity contribution is 0.0587. The van der Waals surface area contributed by atoms with Crippen molar-refractivity contribution in [2.24, 2.45) is 5.84 Å². The number of amides is 1. The Morgan fingerprint density at radius 1 is 1.17 bits per heavy atom. The SMILES string of the molecule is C=Cc1c(OC2CCN(C(=O)c3ccc(F)nc3)CC2)ncnc1N(N)c1ccc(S(C)(=O)=O)cc1. The average molecular weight is 513 g/mol. The molecule has 0 saturated carbocycles. The zero-order valence-electron chi connectivity index (χ0n) is 19.5. The maximum atomic E-state index is 13.0. The van der Waals surface area contributed by atoms with Crippen LogP contribution in [0.15, 0.2) is 60.4 Å². The van der Waals surface area contributed by atoms with Crippen LogP contribution < -0.4 is 15.6 Å². The highest BCUT2D eigenvalue weighted by atomic mass is 32.2. The van der Waals surface area contributed by atoms with Crippen LogP contribution in [-0.2, 0) is 9.84 Å². The molecule has 3 aromatic rings. The number of benzene rings is 1. The van der Waals surface area contributed by atoms with Gasteiger partial charge >= 0.3 is 0 Å². The molecule has 12 heteroatoms. The first-order valence-electron chi connectivity index (χ1n) is 11.1. The normalized spacial score (nSPS) is 14.4. The second kappa shape index (κ2) is 10.4. The highest BCUT2D eigenvalue weighted by Crippen LogP contribution is 2.31. The monoisotopic (exact) mass is 512 g/mol. The van der Waals surface area contributed by atoms with Gasteiger partial charge in [-0.15, -0.1) is 0 Å². The molecule has 188 valence electrons. The summed E-state index contributed by atoms with van der Waals surface area (Å²) in [6, 6.07) is 8.67. The lowest BCUT2D eigenvalue weighted by atomic mass is 10.1. The first kappa shape index (κ1) is 25.2. The van der Waals surface area contributed by atoms with Crippen LogP contribution in [0.4, 0.5) is 15.9 Å². The molecule has 0 spiro atoms. The number of carbonyl (C=O) groups is 1. The average Bonchev–Trinajstić information content (AvgIpc) is 2.88. The highest BCUT2D eigenvalue weighted by molar-refractivity contribution is 7.90. The Morgan fingerprint density at radius 3 is 2.44 bits per heavy atom. The Labute approximate surface area is 208 Å². The fourth-order valence-corrected chi connectivity index (χ4v) is 4.46. The molecule has 1 fully saturated rings. The number of ether oxygens (including phenoxy) is 1. The Kier molecular flexibility index (Phi) is 7.27. The number of nitrogens with zero attached hydrogens (tertiary/aromatic N) is 5. The minimum absolute atomic E-state index is 0.177. The Morgan fingerprint density at radius 2 is 1.86 bits per heavy atom. The van der Waals surface area contributed by atoms with Crippen molar-refractivity contribution in [2.75, 3.05) is 24.4 Å². The van der Waals surface area contributed by atoms with Crippen molar-refractivity contribution in [1.82, 2.24) is 19.9 Å². The molecule has 36 heavy (non-hydrogen) atoms. The minimum atomic E-state index is -3.34. The number of piperidine rings is 1. The van der Waals surface area contributed by atoms with Crippen molar-refractivity contribution in [1.29, 1.82) is 0 Å². The lowest BCUT2D eigenvalue weighted by Crippen LogP contribution is -2.42. The number of hydrazine groups is 1. The number of carbonyl (C=O) groups excluding carboxylic acids is 1. The molecule has 4 rings (SSSR count). The number of anilines is 2. The number of nitrogens with two attached hydrogens (primary N) is 1. The van der Waals surface area contributed by atoms with E-state index < -0.39 is 15.8 Å². The third kappa shape index (κ3) is 5.50. The Balaban J connectivity index is 1.45. The second-order valence-corrected chi connectivity index (χ2v) is 10.3. The summed E-state index contributed by atoms with van der Waals surface area (Å²) >= 11 is 0. The van der Waals surface area contributed by atoms with Crippen LogP contribution in [0.25, 0.3) is 6.08 Å². The third-order valence-electron chi connectivity index (χ3n) is 5.78. The molecule has 2 N–H and O–H groups in total. The van der Waals surface area contributed by atoms with E-state index in [2.05, 4.69) is 21.5 Å². The maximum absolute atomic E-state index is 13.0. The van der Waals surface area contributed by atoms with Gasteiger partial charge in [-0.25, -0.2) is 29.2 Å². The van der Waals surface area contributed by atoms with Crippen LogP contribution in [0.2, 0.25) is 0 Å². The quantitative estimate of drug-likeness (QED) is 0.288. The van der Waals surface area contributed by atoms with Gasteiger partial charge in [0.2, 0.25) is 11.8 Å². The third-order valence-corrected chi connectivity index (χ3v) is 6.91. The number of halogens is 1. The van der Waals surface area contributed by atoms with Crippen molar-refractivity contribution in [3.05, 3.63) is 72.6 Å². The lowest BCUT2D eigenvalue weighted by Gasteiger charge is -2.32. The summed E-state index contributed by atoms with van der Waals surface area (Å²) in [5, 5.41) is 1.30. The number of sulfone groups is 1. The van der Waals surface area contributed by atoms with Gasteiger partial charge in [0.1, 0.15) is 12.4 Å². The summed E-state index contributed by atoms with van der Waals surface area (Å²) in [5.41, 5.74) is 1.32. The fourth-order valence-electron chi connectivity index (χ4n) is 3.83. The molecule has 1 aliphatic rings. The van der Waals surface area contributed by atoms with Crippen molar-refractivity contribution in [2.45, 2.75) is 23.8 Å². The van der Waals surface area contributed by atoms with Gasteiger partial charge in [-0.1, -0.05) is 12.7 Å². The largest absolute Gasteiger partial charge is 0.474 e. The summed E-state index contributed by atoms with van der Waals surface area (Å²) in [7, 11) is -3.34. The van der Waals surface area contributed by atoms with E-state index in [-0.39, 0.29) is 16.9 Å².